The summed E-state index contributed by atoms with van der Waals surface area (Å²) in [5, 5.41) is 12.9. The number of esters is 1. The highest BCUT2D eigenvalue weighted by Crippen LogP contribution is 2.18. The van der Waals surface area contributed by atoms with E-state index >= 15 is 0 Å². The van der Waals surface area contributed by atoms with Crippen LogP contribution in [-0.4, -0.2) is 29.6 Å². The van der Waals surface area contributed by atoms with Gasteiger partial charge in [0.2, 0.25) is 0 Å². The molecule has 2 aromatic rings. The molecule has 2 rings (SSSR count). The molecule has 0 aliphatic heterocycles. The molecule has 2 aromatic carbocycles. The first kappa shape index (κ1) is 17.6. The fourth-order valence-corrected chi connectivity index (χ4v) is 2.20. The second-order valence-corrected chi connectivity index (χ2v) is 5.07. The van der Waals surface area contributed by atoms with Gasteiger partial charge in [-0.15, -0.1) is 0 Å². The molecule has 1 amide bonds. The number of carbonyl (C=O) groups excluding carboxylic acids is 2. The fourth-order valence-electron chi connectivity index (χ4n) is 2.20. The first-order chi connectivity index (χ1) is 11.5. The highest BCUT2D eigenvalue weighted by atomic mass is 19.1. The van der Waals surface area contributed by atoms with E-state index in [2.05, 4.69) is 5.32 Å². The normalized spacial score (nSPS) is 13.0. The Morgan fingerprint density at radius 1 is 1.17 bits per heavy atom. The number of aliphatic hydroxyl groups excluding tert-OH is 1. The second-order valence-electron chi connectivity index (χ2n) is 5.07. The van der Waals surface area contributed by atoms with E-state index in [9.17, 15) is 19.1 Å². The summed E-state index contributed by atoms with van der Waals surface area (Å²) in [6.45, 7) is 1.73. The van der Waals surface area contributed by atoms with Gasteiger partial charge in [0.1, 0.15) is 11.9 Å². The number of aliphatic hydroxyl groups is 1. The monoisotopic (exact) mass is 331 g/mol. The van der Waals surface area contributed by atoms with Crippen molar-refractivity contribution in [2.45, 2.75) is 19.1 Å². The molecule has 2 unspecified atom stereocenters. The minimum Gasteiger partial charge on any atom is -0.464 e. The minimum atomic E-state index is -1.30. The van der Waals surface area contributed by atoms with E-state index in [0.717, 1.165) is 6.07 Å². The lowest BCUT2D eigenvalue weighted by atomic mass is 10.0. The van der Waals surface area contributed by atoms with Gasteiger partial charge in [-0.2, -0.15) is 0 Å². The Bertz CT molecular complexity index is 705. The Labute approximate surface area is 139 Å². The summed E-state index contributed by atoms with van der Waals surface area (Å²) >= 11 is 0. The van der Waals surface area contributed by atoms with Crippen LogP contribution in [-0.2, 0) is 9.53 Å². The largest absolute Gasteiger partial charge is 0.464 e. The molecule has 5 nitrogen and oxygen atoms in total. The third-order valence-electron chi connectivity index (χ3n) is 3.37. The van der Waals surface area contributed by atoms with E-state index in [1.54, 1.807) is 37.3 Å². The topological polar surface area (TPSA) is 75.6 Å². The number of nitrogens with one attached hydrogen (secondary N) is 1. The zero-order chi connectivity index (χ0) is 17.5. The lowest BCUT2D eigenvalue weighted by molar-refractivity contribution is -0.148. The molecule has 126 valence electrons. The molecular formula is C18H18FNO4. The lowest BCUT2D eigenvalue weighted by Crippen LogP contribution is -2.46. The predicted molar refractivity (Wildman–Crippen MR) is 85.7 cm³/mol. The van der Waals surface area contributed by atoms with E-state index in [1.807, 2.05) is 0 Å². The highest BCUT2D eigenvalue weighted by molar-refractivity contribution is 5.97. The molecule has 0 saturated heterocycles. The summed E-state index contributed by atoms with van der Waals surface area (Å²) in [5.41, 5.74) is 0.500. The zero-order valence-corrected chi connectivity index (χ0v) is 13.1. The molecule has 0 aliphatic rings. The van der Waals surface area contributed by atoms with Crippen LogP contribution < -0.4 is 5.32 Å². The highest BCUT2D eigenvalue weighted by Gasteiger charge is 2.31. The van der Waals surface area contributed by atoms with Gasteiger partial charge in [-0.3, -0.25) is 4.79 Å². The number of hydrogen-bond donors (Lipinski definition) is 2. The Kier molecular flexibility index (Phi) is 6.03. The Morgan fingerprint density at radius 3 is 2.50 bits per heavy atom. The zero-order valence-electron chi connectivity index (χ0n) is 13.1. The first-order valence-corrected chi connectivity index (χ1v) is 7.49. The summed E-state index contributed by atoms with van der Waals surface area (Å²) in [7, 11) is 0. The van der Waals surface area contributed by atoms with Gasteiger partial charge in [-0.25, -0.2) is 9.18 Å². The van der Waals surface area contributed by atoms with Crippen LogP contribution >= 0.6 is 0 Å². The maximum Gasteiger partial charge on any atom is 0.331 e. The van der Waals surface area contributed by atoms with Crippen molar-refractivity contribution in [2.24, 2.45) is 0 Å². The van der Waals surface area contributed by atoms with Crippen molar-refractivity contribution in [3.05, 3.63) is 71.5 Å². The Morgan fingerprint density at radius 2 is 1.88 bits per heavy atom. The fraction of sp³-hybridized carbons (Fsp3) is 0.222. The van der Waals surface area contributed by atoms with Crippen molar-refractivity contribution in [1.82, 2.24) is 5.32 Å². The van der Waals surface area contributed by atoms with Gasteiger partial charge >= 0.3 is 5.97 Å². The maximum absolute atomic E-state index is 13.2. The molecule has 0 radical (unpaired) electrons. The predicted octanol–water partition coefficient (Wildman–Crippen LogP) is 2.22. The molecule has 6 heteroatoms. The molecule has 2 N–H and O–H groups in total. The van der Waals surface area contributed by atoms with Crippen LogP contribution in [0.15, 0.2) is 54.6 Å². The third kappa shape index (κ3) is 4.39. The number of rotatable bonds is 6. The lowest BCUT2D eigenvalue weighted by Gasteiger charge is -2.23. The number of carbonyl (C=O) groups is 2. The van der Waals surface area contributed by atoms with Crippen LogP contribution in [0, 0.1) is 5.82 Å². The van der Waals surface area contributed by atoms with Gasteiger partial charge in [-0.1, -0.05) is 36.4 Å². The summed E-state index contributed by atoms with van der Waals surface area (Å²) in [6.07, 6.45) is -1.29. The SMILES string of the molecule is CCOC(=O)C(NC(=O)c1cccc(F)c1)C(O)c1ccccc1. The van der Waals surface area contributed by atoms with Crippen molar-refractivity contribution in [3.8, 4) is 0 Å². The van der Waals surface area contributed by atoms with Crippen molar-refractivity contribution in [2.75, 3.05) is 6.61 Å². The smallest absolute Gasteiger partial charge is 0.331 e. The van der Waals surface area contributed by atoms with Crippen molar-refractivity contribution in [3.63, 3.8) is 0 Å². The standard InChI is InChI=1S/C18H18FNO4/c1-2-24-18(23)15(16(21)12-7-4-3-5-8-12)20-17(22)13-9-6-10-14(19)11-13/h3-11,15-16,21H,2H2,1H3,(H,20,22). The van der Waals surface area contributed by atoms with E-state index in [0.29, 0.717) is 5.56 Å². The van der Waals surface area contributed by atoms with Crippen molar-refractivity contribution >= 4 is 11.9 Å². The van der Waals surface area contributed by atoms with Gasteiger partial charge in [0.25, 0.3) is 5.91 Å². The first-order valence-electron chi connectivity index (χ1n) is 7.49. The van der Waals surface area contributed by atoms with Crippen molar-refractivity contribution < 1.29 is 23.8 Å². The van der Waals surface area contributed by atoms with Gasteiger partial charge in [0, 0.05) is 5.56 Å². The van der Waals surface area contributed by atoms with Crippen LogP contribution in [0.2, 0.25) is 0 Å². The quantitative estimate of drug-likeness (QED) is 0.796. The van der Waals surface area contributed by atoms with E-state index in [4.69, 9.17) is 4.74 Å². The summed E-state index contributed by atoms with van der Waals surface area (Å²) < 4.78 is 18.2. The van der Waals surface area contributed by atoms with E-state index in [1.165, 1.54) is 18.2 Å². The molecule has 0 saturated carbocycles. The van der Waals surface area contributed by atoms with E-state index in [-0.39, 0.29) is 12.2 Å². The number of hydrogen-bond acceptors (Lipinski definition) is 4. The molecular weight excluding hydrogens is 313 g/mol. The molecule has 0 spiro atoms. The Balaban J connectivity index is 2.23. The molecule has 2 atom stereocenters. The van der Waals surface area contributed by atoms with Crippen LogP contribution in [0.4, 0.5) is 4.39 Å². The second kappa shape index (κ2) is 8.21. The average molecular weight is 331 g/mol. The van der Waals surface area contributed by atoms with Gasteiger partial charge in [0.05, 0.1) is 6.61 Å². The summed E-state index contributed by atoms with van der Waals surface area (Å²) in [4.78, 5) is 24.4. The Hall–Kier alpha value is -2.73. The van der Waals surface area contributed by atoms with E-state index < -0.39 is 29.8 Å². The molecule has 0 aliphatic carbocycles. The third-order valence-corrected chi connectivity index (χ3v) is 3.37. The molecule has 0 aromatic heterocycles. The van der Waals surface area contributed by atoms with Gasteiger partial charge < -0.3 is 15.2 Å². The van der Waals surface area contributed by atoms with Gasteiger partial charge in [0.15, 0.2) is 6.04 Å². The van der Waals surface area contributed by atoms with Gasteiger partial charge in [-0.05, 0) is 30.7 Å². The summed E-state index contributed by atoms with van der Waals surface area (Å²) in [6, 6.07) is 12.2. The molecule has 0 fully saturated rings. The van der Waals surface area contributed by atoms with Crippen LogP contribution in [0.3, 0.4) is 0 Å². The summed E-state index contributed by atoms with van der Waals surface area (Å²) in [5.74, 6) is -2.01. The average Bonchev–Trinajstić information content (AvgIpc) is 2.59. The minimum absolute atomic E-state index is 0.0459. The number of amides is 1. The number of ether oxygens (including phenoxy) is 1. The number of benzene rings is 2. The maximum atomic E-state index is 13.2. The number of halogens is 1. The van der Waals surface area contributed by atoms with Crippen LogP contribution in [0.1, 0.15) is 28.9 Å². The molecule has 0 bridgehead atoms. The molecule has 0 heterocycles. The van der Waals surface area contributed by atoms with Crippen molar-refractivity contribution in [1.29, 1.82) is 0 Å². The van der Waals surface area contributed by atoms with Crippen LogP contribution in [0.5, 0.6) is 0 Å². The molecule has 24 heavy (non-hydrogen) atoms. The van der Waals surface area contributed by atoms with Crippen LogP contribution in [0.25, 0.3) is 0 Å².